The lowest BCUT2D eigenvalue weighted by molar-refractivity contribution is 0.440. The third-order valence-corrected chi connectivity index (χ3v) is 1.24. The summed E-state index contributed by atoms with van der Waals surface area (Å²) in [4.78, 5) is 0. The van der Waals surface area contributed by atoms with Crippen LogP contribution in [-0.4, -0.2) is 25.4 Å². The third kappa shape index (κ3) is 3.43. The molecule has 10 heavy (non-hydrogen) atoms. The van der Waals surface area contributed by atoms with E-state index in [4.69, 9.17) is 9.47 Å². The summed E-state index contributed by atoms with van der Waals surface area (Å²) in [6, 6.07) is 0. The topological polar surface area (TPSA) is 25.1 Å². The molecule has 56 valence electrons. The maximum atomic E-state index is 4.74. The van der Waals surface area contributed by atoms with Crippen molar-refractivity contribution in [1.29, 1.82) is 0 Å². The Bertz CT molecular complexity index is 107. The van der Waals surface area contributed by atoms with Gasteiger partial charge in [0.2, 0.25) is 0 Å². The van der Waals surface area contributed by atoms with Gasteiger partial charge in [0.05, 0.1) is 25.4 Å². The minimum absolute atomic E-state index is 0.398. The predicted molar refractivity (Wildman–Crippen MR) is 39.9 cm³/mol. The first-order valence-corrected chi connectivity index (χ1v) is 3.35. The van der Waals surface area contributed by atoms with Gasteiger partial charge in [0.15, 0.2) is 0 Å². The Morgan fingerprint density at radius 3 is 1.30 bits per heavy atom. The van der Waals surface area contributed by atoms with Gasteiger partial charge in [0.1, 0.15) is 0 Å². The number of hydrogen-bond acceptors (Lipinski definition) is 2. The first kappa shape index (κ1) is 7.51. The van der Waals surface area contributed by atoms with Crippen molar-refractivity contribution >= 4 is 0 Å². The summed E-state index contributed by atoms with van der Waals surface area (Å²) in [5.41, 5.74) is 0. The quantitative estimate of drug-likeness (QED) is 0.424. The molecule has 2 atom stereocenters. The average Bonchev–Trinajstić information content (AvgIpc) is 2.86. The molecular weight excluding hydrogens is 128 g/mol. The maximum absolute atomic E-state index is 4.74. The van der Waals surface area contributed by atoms with Crippen LogP contribution in [0.25, 0.3) is 0 Å². The highest BCUT2D eigenvalue weighted by atomic mass is 16.6. The molecule has 2 saturated heterocycles. The molecule has 2 aliphatic rings. The van der Waals surface area contributed by atoms with E-state index in [9.17, 15) is 0 Å². The third-order valence-electron chi connectivity index (χ3n) is 1.24. The largest absolute Gasteiger partial charge is 0.369 e. The van der Waals surface area contributed by atoms with E-state index in [0.29, 0.717) is 12.2 Å². The molecule has 0 aromatic rings. The highest BCUT2D eigenvalue weighted by Gasteiger charge is 2.16. The SMILES string of the molecule is C=CC1CO1.C=CC1CO1. The second-order valence-electron chi connectivity index (χ2n) is 2.21. The molecule has 0 radical (unpaired) electrons. The maximum Gasteiger partial charge on any atom is 0.0988 e. The lowest BCUT2D eigenvalue weighted by Crippen LogP contribution is -1.65. The molecule has 2 heterocycles. The smallest absolute Gasteiger partial charge is 0.0988 e. The van der Waals surface area contributed by atoms with Gasteiger partial charge in [-0.15, -0.1) is 13.2 Å². The van der Waals surface area contributed by atoms with E-state index in [0.717, 1.165) is 13.2 Å². The van der Waals surface area contributed by atoms with Crippen molar-refractivity contribution in [1.82, 2.24) is 0 Å². The minimum Gasteiger partial charge on any atom is -0.369 e. The summed E-state index contributed by atoms with van der Waals surface area (Å²) in [5, 5.41) is 0. The fourth-order valence-electron chi connectivity index (χ4n) is 0.383. The van der Waals surface area contributed by atoms with Gasteiger partial charge in [0.25, 0.3) is 0 Å². The number of epoxide rings is 2. The van der Waals surface area contributed by atoms with Crippen LogP contribution in [0.4, 0.5) is 0 Å². The summed E-state index contributed by atoms with van der Waals surface area (Å²) in [6.45, 7) is 8.78. The van der Waals surface area contributed by atoms with E-state index in [-0.39, 0.29) is 0 Å². The van der Waals surface area contributed by atoms with E-state index in [1.165, 1.54) is 0 Å². The van der Waals surface area contributed by atoms with Crippen molar-refractivity contribution in [2.75, 3.05) is 13.2 Å². The van der Waals surface area contributed by atoms with Crippen molar-refractivity contribution in [2.24, 2.45) is 0 Å². The molecular formula is C8H12O2. The van der Waals surface area contributed by atoms with Crippen LogP contribution in [0.5, 0.6) is 0 Å². The van der Waals surface area contributed by atoms with Crippen molar-refractivity contribution in [3.63, 3.8) is 0 Å². The molecule has 0 N–H and O–H groups in total. The Kier molecular flexibility index (Phi) is 2.66. The molecule has 0 aromatic heterocycles. The number of rotatable bonds is 2. The van der Waals surface area contributed by atoms with Gasteiger partial charge in [-0.05, 0) is 0 Å². The molecule has 0 aromatic carbocycles. The van der Waals surface area contributed by atoms with Gasteiger partial charge in [-0.1, -0.05) is 12.2 Å². The monoisotopic (exact) mass is 140 g/mol. The second-order valence-corrected chi connectivity index (χ2v) is 2.21. The fourth-order valence-corrected chi connectivity index (χ4v) is 0.383. The van der Waals surface area contributed by atoms with E-state index in [1.807, 2.05) is 0 Å². The zero-order chi connectivity index (χ0) is 7.40. The van der Waals surface area contributed by atoms with Gasteiger partial charge >= 0.3 is 0 Å². The second kappa shape index (κ2) is 3.54. The van der Waals surface area contributed by atoms with Crippen LogP contribution in [0.3, 0.4) is 0 Å². The van der Waals surface area contributed by atoms with Crippen LogP contribution >= 0.6 is 0 Å². The van der Waals surface area contributed by atoms with Crippen LogP contribution in [0.2, 0.25) is 0 Å². The molecule has 2 heteroatoms. The minimum atomic E-state index is 0.398. The Labute approximate surface area is 61.1 Å². The number of hydrogen-bond donors (Lipinski definition) is 0. The van der Waals surface area contributed by atoms with Gasteiger partial charge < -0.3 is 9.47 Å². The van der Waals surface area contributed by atoms with Gasteiger partial charge in [-0.25, -0.2) is 0 Å². The summed E-state index contributed by atoms with van der Waals surface area (Å²) in [7, 11) is 0. The Morgan fingerprint density at radius 1 is 1.00 bits per heavy atom. The molecule has 0 saturated carbocycles. The van der Waals surface area contributed by atoms with E-state index in [1.54, 1.807) is 12.2 Å². The highest BCUT2D eigenvalue weighted by molar-refractivity contribution is 4.88. The molecule has 2 unspecified atom stereocenters. The molecule has 0 aliphatic carbocycles. The first-order chi connectivity index (χ1) is 4.86. The average molecular weight is 140 g/mol. The summed E-state index contributed by atoms with van der Waals surface area (Å²) in [5.74, 6) is 0. The standard InChI is InChI=1S/2C4H6O/c2*1-2-4-3-5-4/h2*2,4H,1,3H2. The van der Waals surface area contributed by atoms with Gasteiger partial charge in [-0.3, -0.25) is 0 Å². The van der Waals surface area contributed by atoms with Crippen molar-refractivity contribution in [2.45, 2.75) is 12.2 Å². The van der Waals surface area contributed by atoms with E-state index >= 15 is 0 Å². The predicted octanol–water partition coefficient (Wildman–Crippen LogP) is 1.14. The highest BCUT2D eigenvalue weighted by Crippen LogP contribution is 2.07. The van der Waals surface area contributed by atoms with Gasteiger partial charge in [-0.2, -0.15) is 0 Å². The zero-order valence-electron chi connectivity index (χ0n) is 5.95. The molecule has 2 rings (SSSR count). The van der Waals surface area contributed by atoms with E-state index in [2.05, 4.69) is 13.2 Å². The van der Waals surface area contributed by atoms with Crippen LogP contribution in [0.1, 0.15) is 0 Å². The lowest BCUT2D eigenvalue weighted by Gasteiger charge is -1.59. The zero-order valence-corrected chi connectivity index (χ0v) is 5.95. The fraction of sp³-hybridized carbons (Fsp3) is 0.500. The Hall–Kier alpha value is -0.600. The molecule has 2 aliphatic heterocycles. The van der Waals surface area contributed by atoms with Crippen LogP contribution in [0, 0.1) is 0 Å². The number of ether oxygens (including phenoxy) is 2. The van der Waals surface area contributed by atoms with Crippen molar-refractivity contribution in [3.05, 3.63) is 25.3 Å². The summed E-state index contributed by atoms with van der Waals surface area (Å²) < 4.78 is 9.48. The van der Waals surface area contributed by atoms with Gasteiger partial charge in [0, 0.05) is 0 Å². The molecule has 2 nitrogen and oxygen atoms in total. The first-order valence-electron chi connectivity index (χ1n) is 3.35. The van der Waals surface area contributed by atoms with E-state index < -0.39 is 0 Å². The Balaban J connectivity index is 0.0000001000. The van der Waals surface area contributed by atoms with Crippen LogP contribution < -0.4 is 0 Å². The van der Waals surface area contributed by atoms with Crippen LogP contribution in [0.15, 0.2) is 25.3 Å². The van der Waals surface area contributed by atoms with Crippen molar-refractivity contribution < 1.29 is 9.47 Å². The summed E-state index contributed by atoms with van der Waals surface area (Å²) >= 11 is 0. The molecule has 0 spiro atoms. The molecule has 0 bridgehead atoms. The van der Waals surface area contributed by atoms with Crippen LogP contribution in [-0.2, 0) is 9.47 Å². The Morgan fingerprint density at radius 2 is 1.30 bits per heavy atom. The van der Waals surface area contributed by atoms with Crippen molar-refractivity contribution in [3.8, 4) is 0 Å². The molecule has 0 amide bonds. The molecule has 2 fully saturated rings. The summed E-state index contributed by atoms with van der Waals surface area (Å²) in [6.07, 6.45) is 4.41. The lowest BCUT2D eigenvalue weighted by atomic mass is 10.5. The normalized spacial score (nSPS) is 33.2.